The smallest absolute Gasteiger partial charge is 0.159 e. The van der Waals surface area contributed by atoms with Crippen LogP contribution in [0.3, 0.4) is 0 Å². The zero-order chi connectivity index (χ0) is 17.1. The minimum absolute atomic E-state index is 0.0765. The highest BCUT2D eigenvalue weighted by atomic mass is 35.5. The van der Waals surface area contributed by atoms with Crippen LogP contribution in [0, 0.1) is 0 Å². The molecule has 0 aliphatic carbocycles. The van der Waals surface area contributed by atoms with Gasteiger partial charge >= 0.3 is 0 Å². The van der Waals surface area contributed by atoms with Crippen molar-refractivity contribution in [3.8, 4) is 5.75 Å². The maximum atomic E-state index is 10.9. The minimum Gasteiger partial charge on any atom is -0.544 e. The van der Waals surface area contributed by atoms with Gasteiger partial charge in [-0.1, -0.05) is 41.0 Å². The number of rotatable bonds is 5. The zero-order valence-corrected chi connectivity index (χ0v) is 14.9. The second-order valence-corrected chi connectivity index (χ2v) is 7.48. The molecule has 0 aromatic heterocycles. The van der Waals surface area contributed by atoms with Gasteiger partial charge in [-0.15, -0.1) is 0 Å². The lowest BCUT2D eigenvalue weighted by atomic mass is 10.2. The maximum Gasteiger partial charge on any atom is 0.159 e. The Morgan fingerprint density at radius 3 is 2.62 bits per heavy atom. The van der Waals surface area contributed by atoms with Gasteiger partial charge in [0.15, 0.2) is 5.37 Å². The van der Waals surface area contributed by atoms with Gasteiger partial charge in [-0.2, -0.15) is 0 Å². The van der Waals surface area contributed by atoms with Crippen LogP contribution in [-0.4, -0.2) is 17.8 Å². The standard InChI is InChI=1S/C17H15Cl2NO3S/c18-12-4-1-11(14(19)7-12)8-23-13-5-2-10(3-6-13)16-20-15(9-24-16)17(21)22/h1-7,15-16,20H,8-9H2,(H,21,22)/t15-,16+/m1/s1. The van der Waals surface area contributed by atoms with E-state index in [1.165, 1.54) is 0 Å². The first-order chi connectivity index (χ1) is 11.5. The summed E-state index contributed by atoms with van der Waals surface area (Å²) in [5, 5.41) is 14.0. The molecule has 1 aliphatic rings. The average Bonchev–Trinajstić information content (AvgIpc) is 3.05. The summed E-state index contributed by atoms with van der Waals surface area (Å²) in [7, 11) is 0. The normalized spacial score (nSPS) is 20.1. The topological polar surface area (TPSA) is 66.0 Å². The first-order valence-corrected chi connectivity index (χ1v) is 9.17. The lowest BCUT2D eigenvalue weighted by Crippen LogP contribution is -2.90. The van der Waals surface area contributed by atoms with Crippen molar-refractivity contribution in [2.75, 3.05) is 5.75 Å². The van der Waals surface area contributed by atoms with Gasteiger partial charge in [-0.25, -0.2) is 0 Å². The number of carbonyl (C=O) groups is 1. The van der Waals surface area contributed by atoms with Crippen LogP contribution < -0.4 is 15.2 Å². The fourth-order valence-electron chi connectivity index (χ4n) is 2.44. The Kier molecular flexibility index (Phi) is 5.56. The van der Waals surface area contributed by atoms with Gasteiger partial charge < -0.3 is 20.0 Å². The van der Waals surface area contributed by atoms with Gasteiger partial charge in [0, 0.05) is 21.2 Å². The summed E-state index contributed by atoms with van der Waals surface area (Å²) in [6.45, 7) is 0.354. The molecule has 1 fully saturated rings. The molecule has 126 valence electrons. The molecule has 24 heavy (non-hydrogen) atoms. The highest BCUT2D eigenvalue weighted by Gasteiger charge is 2.30. The van der Waals surface area contributed by atoms with Crippen molar-refractivity contribution < 1.29 is 20.0 Å². The Hall–Kier alpha value is -1.40. The molecule has 4 nitrogen and oxygen atoms in total. The van der Waals surface area contributed by atoms with Crippen molar-refractivity contribution in [2.24, 2.45) is 0 Å². The van der Waals surface area contributed by atoms with E-state index in [1.807, 2.05) is 35.6 Å². The monoisotopic (exact) mass is 383 g/mol. The van der Waals surface area contributed by atoms with E-state index >= 15 is 0 Å². The second kappa shape index (κ2) is 7.66. The molecule has 2 aromatic carbocycles. The van der Waals surface area contributed by atoms with Crippen molar-refractivity contribution in [1.82, 2.24) is 0 Å². The van der Waals surface area contributed by atoms with Gasteiger partial charge in [0.25, 0.3) is 0 Å². The quantitative estimate of drug-likeness (QED) is 0.857. The van der Waals surface area contributed by atoms with Gasteiger partial charge in [-0.3, -0.25) is 0 Å². The Morgan fingerprint density at radius 1 is 1.25 bits per heavy atom. The van der Waals surface area contributed by atoms with Gasteiger partial charge in [0.1, 0.15) is 24.4 Å². The van der Waals surface area contributed by atoms with E-state index in [2.05, 4.69) is 0 Å². The number of carboxylic acid groups (broad SMARTS) is 1. The number of halogens is 2. The summed E-state index contributed by atoms with van der Waals surface area (Å²) in [6.07, 6.45) is 0. The van der Waals surface area contributed by atoms with E-state index in [0.717, 1.165) is 16.9 Å². The van der Waals surface area contributed by atoms with Crippen LogP contribution in [0.2, 0.25) is 10.0 Å². The van der Waals surface area contributed by atoms with Gasteiger partial charge in [-0.05, 0) is 36.4 Å². The molecule has 2 N–H and O–H groups in total. The van der Waals surface area contributed by atoms with Crippen LogP contribution in [0.25, 0.3) is 0 Å². The predicted molar refractivity (Wildman–Crippen MR) is 93.2 cm³/mol. The van der Waals surface area contributed by atoms with Crippen LogP contribution >= 0.6 is 35.0 Å². The summed E-state index contributed by atoms with van der Waals surface area (Å²) >= 11 is 13.6. The number of ether oxygens (including phenoxy) is 1. The number of carbonyl (C=O) groups excluding carboxylic acids is 1. The first-order valence-electron chi connectivity index (χ1n) is 7.37. The molecule has 0 unspecified atom stereocenters. The Labute approximate surface area is 154 Å². The number of hydrogen-bond donors (Lipinski definition) is 1. The summed E-state index contributed by atoms with van der Waals surface area (Å²) in [6, 6.07) is 12.5. The Bertz CT molecular complexity index is 739. The van der Waals surface area contributed by atoms with Crippen LogP contribution in [0.4, 0.5) is 0 Å². The lowest BCUT2D eigenvalue weighted by molar-refractivity contribution is -0.690. The summed E-state index contributed by atoms with van der Waals surface area (Å²) in [4.78, 5) is 10.9. The fraction of sp³-hybridized carbons (Fsp3) is 0.235. The summed E-state index contributed by atoms with van der Waals surface area (Å²) < 4.78 is 5.74. The molecular weight excluding hydrogens is 369 g/mol. The SMILES string of the molecule is O=C([O-])[C@H]1CS[C@@H](c2ccc(OCc3ccc(Cl)cc3Cl)cc2)[NH2+]1. The van der Waals surface area contributed by atoms with Crippen LogP contribution in [0.15, 0.2) is 42.5 Å². The molecule has 0 amide bonds. The van der Waals surface area contributed by atoms with Crippen molar-refractivity contribution >= 4 is 40.9 Å². The number of quaternary nitrogens is 1. The molecule has 0 saturated carbocycles. The molecular formula is C17H15Cl2NO3S. The third-order valence-corrected chi connectivity index (χ3v) is 5.71. The van der Waals surface area contributed by atoms with Gasteiger partial charge in [0.05, 0.1) is 5.75 Å². The van der Waals surface area contributed by atoms with E-state index in [9.17, 15) is 9.90 Å². The van der Waals surface area contributed by atoms with Crippen LogP contribution in [-0.2, 0) is 11.4 Å². The molecule has 7 heteroatoms. The molecule has 2 aromatic rings. The molecule has 0 bridgehead atoms. The molecule has 1 aliphatic heterocycles. The molecule has 1 heterocycles. The fourth-order valence-corrected chi connectivity index (χ4v) is 4.21. The number of carboxylic acids is 1. The van der Waals surface area contributed by atoms with E-state index in [0.29, 0.717) is 22.4 Å². The van der Waals surface area contributed by atoms with E-state index in [1.54, 1.807) is 23.9 Å². The van der Waals surface area contributed by atoms with E-state index < -0.39 is 12.0 Å². The van der Waals surface area contributed by atoms with Crippen molar-refractivity contribution in [2.45, 2.75) is 18.0 Å². The number of aliphatic carboxylic acids is 1. The van der Waals surface area contributed by atoms with E-state index in [4.69, 9.17) is 27.9 Å². The Morgan fingerprint density at radius 2 is 2.00 bits per heavy atom. The second-order valence-electron chi connectivity index (χ2n) is 5.47. The highest BCUT2D eigenvalue weighted by molar-refractivity contribution is 7.99. The summed E-state index contributed by atoms with van der Waals surface area (Å²) in [5.41, 5.74) is 1.92. The summed E-state index contributed by atoms with van der Waals surface area (Å²) in [5.74, 6) is 0.273. The molecule has 0 radical (unpaired) electrons. The average molecular weight is 384 g/mol. The van der Waals surface area contributed by atoms with Crippen LogP contribution in [0.1, 0.15) is 16.5 Å². The van der Waals surface area contributed by atoms with Gasteiger partial charge in [0.2, 0.25) is 0 Å². The Balaban J connectivity index is 1.60. The van der Waals surface area contributed by atoms with Crippen LogP contribution in [0.5, 0.6) is 5.75 Å². The minimum atomic E-state index is -1.01. The van der Waals surface area contributed by atoms with E-state index in [-0.39, 0.29) is 5.37 Å². The number of hydrogen-bond acceptors (Lipinski definition) is 4. The first kappa shape index (κ1) is 17.4. The van der Waals surface area contributed by atoms with Crippen molar-refractivity contribution in [3.05, 3.63) is 63.6 Å². The highest BCUT2D eigenvalue weighted by Crippen LogP contribution is 2.28. The molecule has 3 rings (SSSR count). The predicted octanol–water partition coefficient (Wildman–Crippen LogP) is 2.00. The third-order valence-electron chi connectivity index (χ3n) is 3.78. The number of benzene rings is 2. The molecule has 2 atom stereocenters. The van der Waals surface area contributed by atoms with Crippen molar-refractivity contribution in [3.63, 3.8) is 0 Å². The third kappa shape index (κ3) is 4.16. The molecule has 0 spiro atoms. The maximum absolute atomic E-state index is 10.9. The lowest BCUT2D eigenvalue weighted by Gasteiger charge is -2.12. The van der Waals surface area contributed by atoms with Crippen molar-refractivity contribution in [1.29, 1.82) is 0 Å². The largest absolute Gasteiger partial charge is 0.544 e. The molecule has 1 saturated heterocycles. The number of nitrogens with two attached hydrogens (primary N) is 1. The number of thioether (sulfide) groups is 1. The zero-order valence-electron chi connectivity index (χ0n) is 12.6.